The highest BCUT2D eigenvalue weighted by Crippen LogP contribution is 2.39. The van der Waals surface area contributed by atoms with Crippen molar-refractivity contribution in [2.75, 3.05) is 4.90 Å². The summed E-state index contributed by atoms with van der Waals surface area (Å²) in [5, 5.41) is 6.08. The molecular formula is C47H32N2. The maximum atomic E-state index is 5.24. The lowest BCUT2D eigenvalue weighted by Crippen LogP contribution is -2.09. The molecule has 0 radical (unpaired) electrons. The monoisotopic (exact) mass is 624 g/mol. The van der Waals surface area contributed by atoms with Gasteiger partial charge in [0.05, 0.1) is 11.2 Å². The fourth-order valence-corrected chi connectivity index (χ4v) is 6.88. The number of pyridine rings is 1. The molecule has 0 amide bonds. The fraction of sp³-hybridized carbons (Fsp3) is 0. The highest BCUT2D eigenvalue weighted by atomic mass is 15.1. The lowest BCUT2D eigenvalue weighted by Gasteiger charge is -2.26. The van der Waals surface area contributed by atoms with Crippen LogP contribution in [0.1, 0.15) is 0 Å². The Hall–Kier alpha value is -6.51. The third kappa shape index (κ3) is 5.50. The number of fused-ring (bicyclic) bond motifs is 3. The van der Waals surface area contributed by atoms with Gasteiger partial charge in [-0.25, -0.2) is 4.98 Å². The Labute approximate surface area is 286 Å². The first-order chi connectivity index (χ1) is 24.3. The second-order valence-electron chi connectivity index (χ2n) is 12.5. The van der Waals surface area contributed by atoms with E-state index in [-0.39, 0.29) is 0 Å². The van der Waals surface area contributed by atoms with Crippen LogP contribution in [0.15, 0.2) is 194 Å². The molecule has 49 heavy (non-hydrogen) atoms. The normalized spacial score (nSPS) is 11.3. The maximum absolute atomic E-state index is 5.24. The number of aromatic nitrogens is 1. The summed E-state index contributed by atoms with van der Waals surface area (Å²) >= 11 is 0. The maximum Gasteiger partial charge on any atom is 0.0788 e. The lowest BCUT2D eigenvalue weighted by molar-refractivity contribution is 1.29. The van der Waals surface area contributed by atoms with Crippen molar-refractivity contribution in [3.05, 3.63) is 194 Å². The zero-order valence-corrected chi connectivity index (χ0v) is 26.9. The van der Waals surface area contributed by atoms with Crippen molar-refractivity contribution in [2.24, 2.45) is 0 Å². The molecule has 2 nitrogen and oxygen atoms in total. The molecule has 9 aromatic rings. The molecular weight excluding hydrogens is 593 g/mol. The van der Waals surface area contributed by atoms with Crippen LogP contribution in [0.2, 0.25) is 0 Å². The average Bonchev–Trinajstić information content (AvgIpc) is 3.18. The van der Waals surface area contributed by atoms with Gasteiger partial charge in [-0.05, 0) is 92.8 Å². The number of rotatable bonds is 6. The van der Waals surface area contributed by atoms with Crippen LogP contribution in [0.4, 0.5) is 17.1 Å². The van der Waals surface area contributed by atoms with Crippen molar-refractivity contribution in [2.45, 2.75) is 0 Å². The van der Waals surface area contributed by atoms with Gasteiger partial charge in [-0.3, -0.25) is 0 Å². The van der Waals surface area contributed by atoms with Crippen molar-refractivity contribution in [1.82, 2.24) is 4.98 Å². The molecule has 230 valence electrons. The quantitative estimate of drug-likeness (QED) is 0.183. The summed E-state index contributed by atoms with van der Waals surface area (Å²) in [5.74, 6) is 0. The van der Waals surface area contributed by atoms with Gasteiger partial charge in [0.25, 0.3) is 0 Å². The Bertz CT molecular complexity index is 2590. The minimum absolute atomic E-state index is 0.978. The molecule has 0 N–H and O–H groups in total. The van der Waals surface area contributed by atoms with Crippen LogP contribution in [0.3, 0.4) is 0 Å². The minimum Gasteiger partial charge on any atom is -0.310 e. The number of benzene rings is 8. The van der Waals surface area contributed by atoms with E-state index < -0.39 is 0 Å². The Morgan fingerprint density at radius 2 is 0.816 bits per heavy atom. The Kier molecular flexibility index (Phi) is 7.18. The standard InChI is InChI=1S/C47H32N2/c1-2-15-42(16-3-1)49(44-29-24-34-11-5-7-13-39(34)31-44)43-27-25-36(26-28-43)45-32-41-14-8-9-17-46(41)48-47(45)37-21-18-35(19-22-37)40-23-20-33-10-4-6-12-38(33)30-40/h1-32H. The van der Waals surface area contributed by atoms with Gasteiger partial charge >= 0.3 is 0 Å². The second-order valence-corrected chi connectivity index (χ2v) is 12.5. The Morgan fingerprint density at radius 3 is 1.55 bits per heavy atom. The van der Waals surface area contributed by atoms with Gasteiger partial charge in [0.15, 0.2) is 0 Å². The first kappa shape index (κ1) is 28.7. The smallest absolute Gasteiger partial charge is 0.0788 e. The zero-order valence-electron chi connectivity index (χ0n) is 26.9. The molecule has 1 heterocycles. The molecule has 1 aromatic heterocycles. The summed E-state index contributed by atoms with van der Waals surface area (Å²) in [6.45, 7) is 0. The lowest BCUT2D eigenvalue weighted by atomic mass is 9.95. The van der Waals surface area contributed by atoms with Crippen LogP contribution in [-0.4, -0.2) is 4.98 Å². The predicted molar refractivity (Wildman–Crippen MR) is 208 cm³/mol. The van der Waals surface area contributed by atoms with E-state index in [0.29, 0.717) is 0 Å². The van der Waals surface area contributed by atoms with Gasteiger partial charge in [-0.15, -0.1) is 0 Å². The number of anilines is 3. The largest absolute Gasteiger partial charge is 0.310 e. The van der Waals surface area contributed by atoms with E-state index >= 15 is 0 Å². The van der Waals surface area contributed by atoms with Gasteiger partial charge in [0.1, 0.15) is 0 Å². The van der Waals surface area contributed by atoms with Gasteiger partial charge in [0, 0.05) is 33.6 Å². The molecule has 8 aromatic carbocycles. The van der Waals surface area contributed by atoms with Crippen LogP contribution in [0.5, 0.6) is 0 Å². The molecule has 0 fully saturated rings. The van der Waals surface area contributed by atoms with E-state index in [0.717, 1.165) is 50.3 Å². The van der Waals surface area contributed by atoms with Gasteiger partial charge in [0.2, 0.25) is 0 Å². The topological polar surface area (TPSA) is 16.1 Å². The molecule has 0 bridgehead atoms. The van der Waals surface area contributed by atoms with Crippen molar-refractivity contribution in [1.29, 1.82) is 0 Å². The Balaban J connectivity index is 1.12. The third-order valence-corrected chi connectivity index (χ3v) is 9.41. The number of hydrogen-bond donors (Lipinski definition) is 0. The summed E-state index contributed by atoms with van der Waals surface area (Å²) in [6.07, 6.45) is 0. The average molecular weight is 625 g/mol. The van der Waals surface area contributed by atoms with E-state index in [1.54, 1.807) is 0 Å². The summed E-state index contributed by atoms with van der Waals surface area (Å²) in [5.41, 5.74) is 11.0. The van der Waals surface area contributed by atoms with Gasteiger partial charge in [-0.2, -0.15) is 0 Å². The van der Waals surface area contributed by atoms with E-state index in [4.69, 9.17) is 4.98 Å². The molecule has 2 heteroatoms. The molecule has 0 aliphatic heterocycles. The van der Waals surface area contributed by atoms with Gasteiger partial charge in [-0.1, -0.05) is 140 Å². The zero-order chi connectivity index (χ0) is 32.6. The van der Waals surface area contributed by atoms with Gasteiger partial charge < -0.3 is 4.90 Å². The summed E-state index contributed by atoms with van der Waals surface area (Å²) in [6, 6.07) is 69.3. The number of nitrogens with zero attached hydrogens (tertiary/aromatic N) is 2. The molecule has 0 atom stereocenters. The van der Waals surface area contributed by atoms with Crippen molar-refractivity contribution in [3.8, 4) is 33.5 Å². The summed E-state index contributed by atoms with van der Waals surface area (Å²) < 4.78 is 0. The molecule has 0 saturated heterocycles. The molecule has 0 saturated carbocycles. The minimum atomic E-state index is 0.978. The molecule has 0 aliphatic carbocycles. The fourth-order valence-electron chi connectivity index (χ4n) is 6.88. The SMILES string of the molecule is c1ccc(N(c2ccc(-c3cc4ccccc4nc3-c3ccc(-c4ccc5ccccc5c4)cc3)cc2)c2ccc3ccccc3c2)cc1. The highest BCUT2D eigenvalue weighted by molar-refractivity contribution is 5.94. The van der Waals surface area contributed by atoms with E-state index in [9.17, 15) is 0 Å². The summed E-state index contributed by atoms with van der Waals surface area (Å²) in [7, 11) is 0. The van der Waals surface area contributed by atoms with Crippen molar-refractivity contribution in [3.63, 3.8) is 0 Å². The van der Waals surface area contributed by atoms with Crippen molar-refractivity contribution >= 4 is 49.5 Å². The van der Waals surface area contributed by atoms with Crippen LogP contribution in [0.25, 0.3) is 66.0 Å². The van der Waals surface area contributed by atoms with E-state index in [1.165, 1.54) is 32.7 Å². The predicted octanol–water partition coefficient (Wildman–Crippen LogP) is 13.0. The Morgan fingerprint density at radius 1 is 0.306 bits per heavy atom. The first-order valence-electron chi connectivity index (χ1n) is 16.7. The molecule has 0 unspecified atom stereocenters. The highest BCUT2D eigenvalue weighted by Gasteiger charge is 2.16. The third-order valence-electron chi connectivity index (χ3n) is 9.41. The number of para-hydroxylation sites is 2. The molecule has 0 spiro atoms. The molecule has 9 rings (SSSR count). The van der Waals surface area contributed by atoms with E-state index in [2.05, 4.69) is 199 Å². The van der Waals surface area contributed by atoms with Crippen LogP contribution in [0, 0.1) is 0 Å². The first-order valence-corrected chi connectivity index (χ1v) is 16.7. The second kappa shape index (κ2) is 12.3. The van der Waals surface area contributed by atoms with Crippen LogP contribution >= 0.6 is 0 Å². The van der Waals surface area contributed by atoms with Crippen molar-refractivity contribution < 1.29 is 0 Å². The molecule has 0 aliphatic rings. The summed E-state index contributed by atoms with van der Waals surface area (Å²) in [4.78, 5) is 7.56. The van der Waals surface area contributed by atoms with Crippen LogP contribution in [-0.2, 0) is 0 Å². The number of hydrogen-bond acceptors (Lipinski definition) is 2. The van der Waals surface area contributed by atoms with Crippen LogP contribution < -0.4 is 4.90 Å². The van der Waals surface area contributed by atoms with E-state index in [1.807, 2.05) is 0 Å².